The molecule has 1 aliphatic heterocycles. The monoisotopic (exact) mass is 412 g/mol. The summed E-state index contributed by atoms with van der Waals surface area (Å²) in [4.78, 5) is 40.8. The maximum atomic E-state index is 12.8. The van der Waals surface area contributed by atoms with Crippen molar-refractivity contribution in [2.24, 2.45) is 0 Å². The molecule has 0 aliphatic carbocycles. The summed E-state index contributed by atoms with van der Waals surface area (Å²) >= 11 is 0. The van der Waals surface area contributed by atoms with Crippen molar-refractivity contribution in [2.75, 3.05) is 33.3 Å². The fourth-order valence-electron chi connectivity index (χ4n) is 3.42. The number of carbonyl (C=O) groups is 2. The quantitative estimate of drug-likeness (QED) is 0.689. The lowest BCUT2D eigenvalue weighted by molar-refractivity contribution is -0.131. The van der Waals surface area contributed by atoms with Crippen LogP contribution in [0.1, 0.15) is 35.8 Å². The molecular formula is C22H28N4O4. The second-order valence-corrected chi connectivity index (χ2v) is 7.33. The minimum absolute atomic E-state index is 0.0293. The van der Waals surface area contributed by atoms with Crippen molar-refractivity contribution in [3.8, 4) is 5.75 Å². The van der Waals surface area contributed by atoms with Gasteiger partial charge in [0.05, 0.1) is 13.5 Å². The van der Waals surface area contributed by atoms with E-state index in [1.54, 1.807) is 16.9 Å². The third-order valence-electron chi connectivity index (χ3n) is 5.22. The van der Waals surface area contributed by atoms with Gasteiger partial charge in [-0.15, -0.1) is 0 Å². The van der Waals surface area contributed by atoms with Crippen molar-refractivity contribution >= 4 is 11.8 Å². The van der Waals surface area contributed by atoms with Gasteiger partial charge in [0.15, 0.2) is 0 Å². The molecule has 8 nitrogen and oxygen atoms in total. The highest BCUT2D eigenvalue weighted by Crippen LogP contribution is 2.15. The summed E-state index contributed by atoms with van der Waals surface area (Å²) in [6, 6.07) is 10.3. The number of carbonyl (C=O) groups excluding carboxylic acids is 2. The summed E-state index contributed by atoms with van der Waals surface area (Å²) in [7, 11) is 1.60. The SMILES string of the molecule is CCCCn1nc(C(=O)N2CCN(C(=O)Cc3cccc(OC)c3)CC2)ccc1=O. The second kappa shape index (κ2) is 10.0. The van der Waals surface area contributed by atoms with E-state index in [2.05, 4.69) is 5.10 Å². The molecule has 2 heterocycles. The summed E-state index contributed by atoms with van der Waals surface area (Å²) < 4.78 is 6.56. The van der Waals surface area contributed by atoms with Gasteiger partial charge in [-0.05, 0) is 30.2 Å². The van der Waals surface area contributed by atoms with Crippen molar-refractivity contribution < 1.29 is 14.3 Å². The molecular weight excluding hydrogens is 384 g/mol. The number of amides is 2. The third kappa shape index (κ3) is 5.25. The number of aromatic nitrogens is 2. The first-order valence-electron chi connectivity index (χ1n) is 10.3. The minimum atomic E-state index is -0.208. The van der Waals surface area contributed by atoms with E-state index in [4.69, 9.17) is 4.74 Å². The Morgan fingerprint density at radius 3 is 2.50 bits per heavy atom. The van der Waals surface area contributed by atoms with E-state index in [1.807, 2.05) is 31.2 Å². The Bertz CT molecular complexity index is 948. The molecule has 1 aromatic carbocycles. The number of aryl methyl sites for hydroxylation is 1. The number of piperazine rings is 1. The van der Waals surface area contributed by atoms with Gasteiger partial charge in [-0.2, -0.15) is 5.10 Å². The number of hydrogen-bond donors (Lipinski definition) is 0. The van der Waals surface area contributed by atoms with Crippen molar-refractivity contribution in [1.82, 2.24) is 19.6 Å². The molecule has 0 N–H and O–H groups in total. The molecule has 1 aromatic heterocycles. The molecule has 30 heavy (non-hydrogen) atoms. The maximum Gasteiger partial charge on any atom is 0.274 e. The van der Waals surface area contributed by atoms with Crippen LogP contribution in [-0.2, 0) is 17.8 Å². The summed E-state index contributed by atoms with van der Waals surface area (Å²) in [5.41, 5.74) is 0.964. The van der Waals surface area contributed by atoms with E-state index in [0.717, 1.165) is 24.2 Å². The van der Waals surface area contributed by atoms with E-state index in [0.29, 0.717) is 39.1 Å². The molecule has 160 valence electrons. The van der Waals surface area contributed by atoms with Crippen molar-refractivity contribution in [2.45, 2.75) is 32.7 Å². The Labute approximate surface area is 176 Å². The number of nitrogens with zero attached hydrogens (tertiary/aromatic N) is 4. The normalized spacial score (nSPS) is 13.9. The lowest BCUT2D eigenvalue weighted by Gasteiger charge is -2.34. The van der Waals surface area contributed by atoms with Crippen LogP contribution in [0.25, 0.3) is 0 Å². The van der Waals surface area contributed by atoms with Crippen molar-refractivity contribution in [3.05, 3.63) is 58.0 Å². The van der Waals surface area contributed by atoms with Gasteiger partial charge in [0.1, 0.15) is 11.4 Å². The smallest absolute Gasteiger partial charge is 0.274 e. The van der Waals surface area contributed by atoms with Crippen LogP contribution >= 0.6 is 0 Å². The fraction of sp³-hybridized carbons (Fsp3) is 0.455. The Hall–Kier alpha value is -3.16. The fourth-order valence-corrected chi connectivity index (χ4v) is 3.42. The number of unbranched alkanes of at least 4 members (excludes halogenated alkanes) is 1. The van der Waals surface area contributed by atoms with Crippen LogP contribution < -0.4 is 10.3 Å². The van der Waals surface area contributed by atoms with Gasteiger partial charge < -0.3 is 14.5 Å². The average molecular weight is 412 g/mol. The van der Waals surface area contributed by atoms with Gasteiger partial charge in [-0.1, -0.05) is 25.5 Å². The van der Waals surface area contributed by atoms with Crippen molar-refractivity contribution in [1.29, 1.82) is 0 Å². The predicted octanol–water partition coefficient (Wildman–Crippen LogP) is 1.58. The largest absolute Gasteiger partial charge is 0.497 e. The first-order chi connectivity index (χ1) is 14.5. The Morgan fingerprint density at radius 2 is 1.80 bits per heavy atom. The molecule has 3 rings (SSSR count). The zero-order valence-electron chi connectivity index (χ0n) is 17.5. The van der Waals surface area contributed by atoms with Crippen LogP contribution in [-0.4, -0.2) is 64.7 Å². The Morgan fingerprint density at radius 1 is 1.07 bits per heavy atom. The zero-order chi connectivity index (χ0) is 21.5. The Kier molecular flexibility index (Phi) is 7.21. The molecule has 2 amide bonds. The molecule has 0 radical (unpaired) electrons. The van der Waals surface area contributed by atoms with Crippen LogP contribution in [0.2, 0.25) is 0 Å². The average Bonchev–Trinajstić information content (AvgIpc) is 2.78. The molecule has 0 saturated carbocycles. The summed E-state index contributed by atoms with van der Waals surface area (Å²) in [6.07, 6.45) is 2.08. The van der Waals surface area contributed by atoms with E-state index in [-0.39, 0.29) is 23.1 Å². The van der Waals surface area contributed by atoms with Gasteiger partial charge in [0.25, 0.3) is 11.5 Å². The van der Waals surface area contributed by atoms with E-state index < -0.39 is 0 Å². The highest BCUT2D eigenvalue weighted by atomic mass is 16.5. The number of ether oxygens (including phenoxy) is 1. The van der Waals surface area contributed by atoms with Gasteiger partial charge in [0.2, 0.25) is 5.91 Å². The van der Waals surface area contributed by atoms with Crippen LogP contribution in [0.15, 0.2) is 41.2 Å². The molecule has 1 saturated heterocycles. The van der Waals surface area contributed by atoms with Crippen molar-refractivity contribution in [3.63, 3.8) is 0 Å². The van der Waals surface area contributed by atoms with E-state index >= 15 is 0 Å². The van der Waals surface area contributed by atoms with Gasteiger partial charge in [-0.25, -0.2) is 4.68 Å². The first-order valence-corrected chi connectivity index (χ1v) is 10.3. The molecule has 1 aliphatic rings. The van der Waals surface area contributed by atoms with E-state index in [9.17, 15) is 14.4 Å². The van der Waals surface area contributed by atoms with Gasteiger partial charge >= 0.3 is 0 Å². The Balaban J connectivity index is 1.57. The standard InChI is InChI=1S/C22H28N4O4/c1-3-4-10-26-20(27)9-8-19(23-26)22(29)25-13-11-24(12-14-25)21(28)16-17-6-5-7-18(15-17)30-2/h5-9,15H,3-4,10-14,16H2,1-2H3. The maximum absolute atomic E-state index is 12.8. The number of methoxy groups -OCH3 is 1. The number of rotatable bonds is 7. The molecule has 0 atom stereocenters. The lowest BCUT2D eigenvalue weighted by atomic mass is 10.1. The van der Waals surface area contributed by atoms with Crippen LogP contribution in [0.4, 0.5) is 0 Å². The number of benzene rings is 1. The second-order valence-electron chi connectivity index (χ2n) is 7.33. The van der Waals surface area contributed by atoms with E-state index in [1.165, 1.54) is 16.8 Å². The summed E-state index contributed by atoms with van der Waals surface area (Å²) in [6.45, 7) is 4.38. The van der Waals surface area contributed by atoms with Crippen LogP contribution in [0.3, 0.4) is 0 Å². The van der Waals surface area contributed by atoms with Gasteiger partial charge in [-0.3, -0.25) is 14.4 Å². The summed E-state index contributed by atoms with van der Waals surface area (Å²) in [5.74, 6) is 0.547. The lowest BCUT2D eigenvalue weighted by Crippen LogP contribution is -2.51. The van der Waals surface area contributed by atoms with Gasteiger partial charge in [0, 0.05) is 38.8 Å². The van der Waals surface area contributed by atoms with Crippen LogP contribution in [0.5, 0.6) is 5.75 Å². The van der Waals surface area contributed by atoms with Crippen LogP contribution in [0, 0.1) is 0 Å². The number of hydrogen-bond acceptors (Lipinski definition) is 5. The summed E-state index contributed by atoms with van der Waals surface area (Å²) in [5, 5.41) is 4.23. The molecule has 0 spiro atoms. The highest BCUT2D eigenvalue weighted by Gasteiger charge is 2.26. The zero-order valence-corrected chi connectivity index (χ0v) is 17.5. The predicted molar refractivity (Wildman–Crippen MR) is 113 cm³/mol. The molecule has 8 heteroatoms. The first kappa shape index (κ1) is 21.5. The molecule has 1 fully saturated rings. The molecule has 0 unspecified atom stereocenters. The minimum Gasteiger partial charge on any atom is -0.497 e. The third-order valence-corrected chi connectivity index (χ3v) is 5.22. The molecule has 2 aromatic rings. The topological polar surface area (TPSA) is 84.7 Å². The molecule has 0 bridgehead atoms. The highest BCUT2D eigenvalue weighted by molar-refractivity contribution is 5.92.